The van der Waals surface area contributed by atoms with Crippen LogP contribution in [0, 0.1) is 6.92 Å². The van der Waals surface area contributed by atoms with Gasteiger partial charge in [0.15, 0.2) is 5.76 Å². The zero-order valence-corrected chi connectivity index (χ0v) is 17.5. The summed E-state index contributed by atoms with van der Waals surface area (Å²) < 4.78 is 12.4. The smallest absolute Gasteiger partial charge is 0.287 e. The molecule has 154 valence electrons. The molecule has 1 spiro atoms. The molecule has 30 heavy (non-hydrogen) atoms. The highest BCUT2D eigenvalue weighted by molar-refractivity contribution is 6.02. The molecule has 1 aliphatic heterocycles. The van der Waals surface area contributed by atoms with Crippen molar-refractivity contribution in [1.29, 1.82) is 0 Å². The van der Waals surface area contributed by atoms with E-state index >= 15 is 0 Å². The molecule has 1 aromatic heterocycles. The number of benzene rings is 2. The number of carbonyl (C=O) groups excluding carboxylic acids is 1. The Morgan fingerprint density at radius 3 is 2.67 bits per heavy atom. The second kappa shape index (κ2) is 7.35. The summed E-state index contributed by atoms with van der Waals surface area (Å²) in [4.78, 5) is 12.9. The second-order valence-electron chi connectivity index (χ2n) is 8.64. The van der Waals surface area contributed by atoms with Crippen molar-refractivity contribution in [3.8, 4) is 5.75 Å². The van der Waals surface area contributed by atoms with Crippen LogP contribution in [0.4, 0.5) is 0 Å². The van der Waals surface area contributed by atoms with Crippen molar-refractivity contribution in [2.75, 3.05) is 6.54 Å². The predicted octanol–water partition coefficient (Wildman–Crippen LogP) is 5.99. The fraction of sp³-hybridized carbons (Fsp3) is 0.346. The molecule has 0 unspecified atom stereocenters. The van der Waals surface area contributed by atoms with Crippen LogP contribution < -0.4 is 10.1 Å². The van der Waals surface area contributed by atoms with Crippen LogP contribution in [0.15, 0.2) is 53.0 Å². The van der Waals surface area contributed by atoms with Crippen molar-refractivity contribution in [2.24, 2.45) is 0 Å². The molecule has 1 atom stereocenters. The second-order valence-corrected chi connectivity index (χ2v) is 8.64. The van der Waals surface area contributed by atoms with E-state index < -0.39 is 0 Å². The summed E-state index contributed by atoms with van der Waals surface area (Å²) in [6.45, 7) is 4.62. The topological polar surface area (TPSA) is 51.5 Å². The Labute approximate surface area is 176 Å². The lowest BCUT2D eigenvalue weighted by Crippen LogP contribution is -2.31. The van der Waals surface area contributed by atoms with Crippen molar-refractivity contribution < 1.29 is 13.9 Å². The first-order chi connectivity index (χ1) is 14.6. The highest BCUT2D eigenvalue weighted by Crippen LogP contribution is 2.44. The van der Waals surface area contributed by atoms with Gasteiger partial charge in [0.05, 0.1) is 0 Å². The van der Waals surface area contributed by atoms with Gasteiger partial charge in [0.1, 0.15) is 16.9 Å². The molecule has 1 aliphatic carbocycles. The molecule has 0 radical (unpaired) electrons. The maximum atomic E-state index is 12.9. The van der Waals surface area contributed by atoms with Gasteiger partial charge >= 0.3 is 0 Å². The molecule has 0 saturated heterocycles. The Balaban J connectivity index is 1.40. The fourth-order valence-electron chi connectivity index (χ4n) is 4.78. The summed E-state index contributed by atoms with van der Waals surface area (Å²) in [5, 5.41) is 4.01. The van der Waals surface area contributed by atoms with Crippen LogP contribution in [0.25, 0.3) is 17.0 Å². The number of amides is 1. The third-order valence-corrected chi connectivity index (χ3v) is 6.56. The average molecular weight is 402 g/mol. The lowest BCUT2D eigenvalue weighted by Gasteiger charge is -2.31. The summed E-state index contributed by atoms with van der Waals surface area (Å²) in [5.41, 5.74) is 3.66. The van der Waals surface area contributed by atoms with Crippen LogP contribution >= 0.6 is 0 Å². The summed E-state index contributed by atoms with van der Waals surface area (Å²) in [6, 6.07) is 14.1. The van der Waals surface area contributed by atoms with Crippen molar-refractivity contribution in [1.82, 2.24) is 5.32 Å². The Hall–Kier alpha value is -3.01. The lowest BCUT2D eigenvalue weighted by molar-refractivity contribution is 0.0925. The van der Waals surface area contributed by atoms with Gasteiger partial charge in [0, 0.05) is 23.1 Å². The van der Waals surface area contributed by atoms with Crippen LogP contribution in [0.3, 0.4) is 0 Å². The van der Waals surface area contributed by atoms with Crippen molar-refractivity contribution in [2.45, 2.75) is 51.0 Å². The van der Waals surface area contributed by atoms with E-state index in [1.54, 1.807) is 0 Å². The molecule has 2 aliphatic rings. The largest absolute Gasteiger partial charge is 0.483 e. The first-order valence-corrected chi connectivity index (χ1v) is 10.8. The number of rotatable bonds is 4. The standard InChI is InChI=1S/C26H27NO3/c1-17(19-8-4-3-5-9-19)16-27-25(28)24-18(2)23-20-12-15-26(13-6-7-14-26)30-21(20)10-11-22(23)29-24/h3-5,8-12,15,17H,6-7,13-14,16H2,1-2H3,(H,27,28)/t17-/m1/s1. The molecule has 1 saturated carbocycles. The van der Waals surface area contributed by atoms with Crippen LogP contribution in [0.1, 0.15) is 65.8 Å². The maximum absolute atomic E-state index is 12.9. The van der Waals surface area contributed by atoms with E-state index in [1.165, 1.54) is 18.4 Å². The number of hydrogen-bond donors (Lipinski definition) is 1. The molecule has 0 bridgehead atoms. The minimum absolute atomic E-state index is 0.147. The van der Waals surface area contributed by atoms with Gasteiger partial charge in [-0.05, 0) is 62.3 Å². The molecule has 1 amide bonds. The number of ether oxygens (including phenoxy) is 1. The maximum Gasteiger partial charge on any atom is 0.287 e. The first kappa shape index (κ1) is 19.0. The summed E-state index contributed by atoms with van der Waals surface area (Å²) in [7, 11) is 0. The van der Waals surface area contributed by atoms with Gasteiger partial charge in [0.25, 0.3) is 5.91 Å². The van der Waals surface area contributed by atoms with E-state index in [-0.39, 0.29) is 17.4 Å². The molecular weight excluding hydrogens is 374 g/mol. The van der Waals surface area contributed by atoms with E-state index in [1.807, 2.05) is 37.3 Å². The summed E-state index contributed by atoms with van der Waals surface area (Å²) in [5.74, 6) is 1.33. The van der Waals surface area contributed by atoms with Crippen molar-refractivity contribution in [3.63, 3.8) is 0 Å². The number of fused-ring (bicyclic) bond motifs is 3. The monoisotopic (exact) mass is 401 g/mol. The third kappa shape index (κ3) is 3.20. The van der Waals surface area contributed by atoms with Crippen LogP contribution in [0.5, 0.6) is 5.75 Å². The highest BCUT2D eigenvalue weighted by atomic mass is 16.5. The van der Waals surface area contributed by atoms with Crippen LogP contribution in [-0.2, 0) is 0 Å². The van der Waals surface area contributed by atoms with E-state index in [4.69, 9.17) is 9.15 Å². The number of aryl methyl sites for hydroxylation is 1. The molecule has 1 fully saturated rings. The Morgan fingerprint density at radius 1 is 1.13 bits per heavy atom. The highest BCUT2D eigenvalue weighted by Gasteiger charge is 2.36. The average Bonchev–Trinajstić information content (AvgIpc) is 3.37. The van der Waals surface area contributed by atoms with Crippen LogP contribution in [-0.4, -0.2) is 18.1 Å². The van der Waals surface area contributed by atoms with Gasteiger partial charge in [-0.25, -0.2) is 0 Å². The molecule has 3 aromatic rings. The SMILES string of the molecule is Cc1c(C(=O)NC[C@@H](C)c2ccccc2)oc2ccc3c(c12)C=CC1(CCCC1)O3. The predicted molar refractivity (Wildman–Crippen MR) is 119 cm³/mol. The Bertz CT molecular complexity index is 1120. The molecular formula is C26H27NO3. The molecule has 4 nitrogen and oxygen atoms in total. The van der Waals surface area contributed by atoms with E-state index in [0.717, 1.165) is 40.7 Å². The molecule has 2 aromatic carbocycles. The van der Waals surface area contributed by atoms with Gasteiger partial charge in [-0.1, -0.05) is 43.3 Å². The van der Waals surface area contributed by atoms with Gasteiger partial charge in [-0.3, -0.25) is 4.79 Å². The zero-order valence-electron chi connectivity index (χ0n) is 17.5. The quantitative estimate of drug-likeness (QED) is 0.584. The van der Waals surface area contributed by atoms with Gasteiger partial charge in [0.2, 0.25) is 0 Å². The first-order valence-electron chi connectivity index (χ1n) is 10.8. The number of hydrogen-bond acceptors (Lipinski definition) is 3. The van der Waals surface area contributed by atoms with Gasteiger partial charge in [-0.2, -0.15) is 0 Å². The molecule has 2 heterocycles. The van der Waals surface area contributed by atoms with Crippen molar-refractivity contribution in [3.05, 3.63) is 71.0 Å². The van der Waals surface area contributed by atoms with Gasteiger partial charge < -0.3 is 14.5 Å². The summed E-state index contributed by atoms with van der Waals surface area (Å²) >= 11 is 0. The van der Waals surface area contributed by atoms with Gasteiger partial charge in [-0.15, -0.1) is 0 Å². The summed E-state index contributed by atoms with van der Waals surface area (Å²) in [6.07, 6.45) is 8.91. The molecule has 4 heteroatoms. The van der Waals surface area contributed by atoms with E-state index in [0.29, 0.717) is 12.3 Å². The number of furan rings is 1. The van der Waals surface area contributed by atoms with E-state index in [2.05, 4.69) is 36.5 Å². The normalized spacial score (nSPS) is 17.7. The third-order valence-electron chi connectivity index (χ3n) is 6.56. The molecule has 1 N–H and O–H groups in total. The molecule has 5 rings (SSSR count). The fourth-order valence-corrected chi connectivity index (χ4v) is 4.78. The van der Waals surface area contributed by atoms with Crippen LogP contribution in [0.2, 0.25) is 0 Å². The van der Waals surface area contributed by atoms with Crippen molar-refractivity contribution >= 4 is 23.0 Å². The van der Waals surface area contributed by atoms with E-state index in [9.17, 15) is 4.79 Å². The minimum Gasteiger partial charge on any atom is -0.483 e. The minimum atomic E-state index is -0.173. The number of nitrogens with one attached hydrogen (secondary N) is 1. The Morgan fingerprint density at radius 2 is 1.90 bits per heavy atom. The lowest BCUT2D eigenvalue weighted by atomic mass is 9.94. The Kier molecular flexibility index (Phi) is 4.65. The zero-order chi connectivity index (χ0) is 20.7. The number of carbonyl (C=O) groups is 1.